The first kappa shape index (κ1) is 17.8. The van der Waals surface area contributed by atoms with Crippen molar-refractivity contribution in [1.29, 1.82) is 0 Å². The van der Waals surface area contributed by atoms with Gasteiger partial charge in [0.2, 0.25) is 0 Å². The second-order valence-corrected chi connectivity index (χ2v) is 6.93. The number of aliphatic carboxylic acids is 1. The Balaban J connectivity index is 1.68. The zero-order valence-electron chi connectivity index (χ0n) is 14.2. The van der Waals surface area contributed by atoms with Crippen molar-refractivity contribution in [2.24, 2.45) is 11.8 Å². The van der Waals surface area contributed by atoms with Crippen LogP contribution in [0.5, 0.6) is 0 Å². The van der Waals surface area contributed by atoms with Crippen molar-refractivity contribution < 1.29 is 9.90 Å². The van der Waals surface area contributed by atoms with E-state index in [9.17, 15) is 4.79 Å². The molecule has 1 aromatic rings. The first-order chi connectivity index (χ1) is 11.2. The summed E-state index contributed by atoms with van der Waals surface area (Å²) in [5.41, 5.74) is 2.89. The molecule has 0 saturated heterocycles. The lowest BCUT2D eigenvalue weighted by Gasteiger charge is -2.20. The van der Waals surface area contributed by atoms with Gasteiger partial charge in [0.05, 0.1) is 0 Å². The molecule has 1 fully saturated rings. The Labute approximate surface area is 140 Å². The third-order valence-electron chi connectivity index (χ3n) is 5.23. The summed E-state index contributed by atoms with van der Waals surface area (Å²) < 4.78 is 0. The normalized spacial score (nSPS) is 20.8. The number of unbranched alkanes of at least 4 members (excludes halogenated alkanes) is 3. The highest BCUT2D eigenvalue weighted by Crippen LogP contribution is 2.41. The minimum Gasteiger partial charge on any atom is -0.481 e. The van der Waals surface area contributed by atoms with Gasteiger partial charge in [-0.15, -0.1) is 0 Å². The Kier molecular flexibility index (Phi) is 7.38. The number of rotatable bonds is 10. The first-order valence-corrected chi connectivity index (χ1v) is 9.10. The third kappa shape index (κ3) is 6.21. The Hall–Kier alpha value is -1.57. The molecule has 1 N–H and O–H groups in total. The van der Waals surface area contributed by atoms with Crippen LogP contribution in [0, 0.1) is 11.8 Å². The van der Waals surface area contributed by atoms with Crippen molar-refractivity contribution in [2.75, 3.05) is 0 Å². The standard InChI is InChI=1S/C21H30O2/c1-17-13-15-19(16-14-18-9-5-4-6-10-18)20(17)11-7-2-3-8-12-21(22)23/h4-6,9-10,19-20H,1-3,7-8,11-16H2,(H,22,23)/t19-,20+/m1/s1. The van der Waals surface area contributed by atoms with E-state index in [1.54, 1.807) is 0 Å². The number of carbonyl (C=O) groups is 1. The van der Waals surface area contributed by atoms with Gasteiger partial charge in [-0.05, 0) is 55.9 Å². The number of benzene rings is 1. The van der Waals surface area contributed by atoms with Crippen LogP contribution >= 0.6 is 0 Å². The van der Waals surface area contributed by atoms with Crippen LogP contribution in [0.15, 0.2) is 42.5 Å². The number of aryl methyl sites for hydroxylation is 1. The van der Waals surface area contributed by atoms with Gasteiger partial charge in [0.25, 0.3) is 0 Å². The lowest BCUT2D eigenvalue weighted by molar-refractivity contribution is -0.137. The number of hydrogen-bond donors (Lipinski definition) is 1. The van der Waals surface area contributed by atoms with Crippen LogP contribution in [0.2, 0.25) is 0 Å². The molecule has 0 spiro atoms. The lowest BCUT2D eigenvalue weighted by Crippen LogP contribution is -2.10. The Morgan fingerprint density at radius 1 is 1.09 bits per heavy atom. The van der Waals surface area contributed by atoms with Gasteiger partial charge in [-0.2, -0.15) is 0 Å². The van der Waals surface area contributed by atoms with Crippen LogP contribution in [0.3, 0.4) is 0 Å². The summed E-state index contributed by atoms with van der Waals surface area (Å²) >= 11 is 0. The molecule has 2 atom stereocenters. The Morgan fingerprint density at radius 3 is 2.57 bits per heavy atom. The summed E-state index contributed by atoms with van der Waals surface area (Å²) in [5, 5.41) is 8.65. The lowest BCUT2D eigenvalue weighted by atomic mass is 9.85. The van der Waals surface area contributed by atoms with Crippen molar-refractivity contribution in [3.05, 3.63) is 48.0 Å². The van der Waals surface area contributed by atoms with Crippen molar-refractivity contribution in [1.82, 2.24) is 0 Å². The van der Waals surface area contributed by atoms with Gasteiger partial charge in [0.15, 0.2) is 0 Å². The second kappa shape index (κ2) is 9.54. The molecule has 1 aliphatic carbocycles. The summed E-state index contributed by atoms with van der Waals surface area (Å²) in [6, 6.07) is 10.8. The predicted octanol–water partition coefficient (Wildman–Crippen LogP) is 5.63. The fourth-order valence-corrected chi connectivity index (χ4v) is 3.87. The molecule has 2 rings (SSSR count). The smallest absolute Gasteiger partial charge is 0.303 e. The van der Waals surface area contributed by atoms with Crippen molar-refractivity contribution in [2.45, 2.75) is 64.2 Å². The zero-order valence-corrected chi connectivity index (χ0v) is 14.2. The number of allylic oxidation sites excluding steroid dienone is 1. The van der Waals surface area contributed by atoms with Gasteiger partial charge in [0, 0.05) is 6.42 Å². The molecule has 0 unspecified atom stereocenters. The summed E-state index contributed by atoms with van der Waals surface area (Å²) in [7, 11) is 0. The van der Waals surface area contributed by atoms with Gasteiger partial charge in [-0.25, -0.2) is 0 Å². The van der Waals surface area contributed by atoms with E-state index < -0.39 is 5.97 Å². The molecule has 0 heterocycles. The van der Waals surface area contributed by atoms with E-state index in [4.69, 9.17) is 5.11 Å². The molecular formula is C21H30O2. The van der Waals surface area contributed by atoms with Gasteiger partial charge in [0.1, 0.15) is 0 Å². The predicted molar refractivity (Wildman–Crippen MR) is 95.5 cm³/mol. The van der Waals surface area contributed by atoms with Gasteiger partial charge in [-0.1, -0.05) is 61.7 Å². The van der Waals surface area contributed by atoms with E-state index in [1.165, 1.54) is 49.7 Å². The fourth-order valence-electron chi connectivity index (χ4n) is 3.87. The maximum atomic E-state index is 10.5. The van der Waals surface area contributed by atoms with Crippen molar-refractivity contribution in [3.63, 3.8) is 0 Å². The largest absolute Gasteiger partial charge is 0.481 e. The molecule has 126 valence electrons. The molecule has 1 saturated carbocycles. The highest BCUT2D eigenvalue weighted by Gasteiger charge is 2.29. The van der Waals surface area contributed by atoms with E-state index in [0.29, 0.717) is 12.3 Å². The van der Waals surface area contributed by atoms with E-state index in [2.05, 4.69) is 36.9 Å². The van der Waals surface area contributed by atoms with Gasteiger partial charge < -0.3 is 5.11 Å². The minimum absolute atomic E-state index is 0.315. The Bertz CT molecular complexity index is 492. The van der Waals surface area contributed by atoms with Crippen LogP contribution in [0.1, 0.15) is 63.4 Å². The van der Waals surface area contributed by atoms with E-state index in [-0.39, 0.29) is 0 Å². The molecule has 2 heteroatoms. The highest BCUT2D eigenvalue weighted by molar-refractivity contribution is 5.66. The van der Waals surface area contributed by atoms with E-state index in [1.807, 2.05) is 0 Å². The SMILES string of the molecule is C=C1CC[C@H](CCc2ccccc2)[C@H]1CCCCCCC(=O)O. The number of carboxylic acids is 1. The Morgan fingerprint density at radius 2 is 1.83 bits per heavy atom. The van der Waals surface area contributed by atoms with Gasteiger partial charge >= 0.3 is 5.97 Å². The zero-order chi connectivity index (χ0) is 16.5. The van der Waals surface area contributed by atoms with E-state index >= 15 is 0 Å². The van der Waals surface area contributed by atoms with Crippen LogP contribution in [-0.2, 0) is 11.2 Å². The van der Waals surface area contributed by atoms with Crippen molar-refractivity contribution >= 4 is 5.97 Å². The molecule has 1 aliphatic rings. The minimum atomic E-state index is -0.671. The molecule has 0 aliphatic heterocycles. The summed E-state index contributed by atoms with van der Waals surface area (Å²) in [6.07, 6.45) is 10.7. The summed E-state index contributed by atoms with van der Waals surface area (Å²) in [6.45, 7) is 4.30. The molecule has 0 bridgehead atoms. The monoisotopic (exact) mass is 314 g/mol. The molecule has 0 amide bonds. The first-order valence-electron chi connectivity index (χ1n) is 9.10. The summed E-state index contributed by atoms with van der Waals surface area (Å²) in [4.78, 5) is 10.5. The fraction of sp³-hybridized carbons (Fsp3) is 0.571. The quantitative estimate of drug-likeness (QED) is 0.449. The topological polar surface area (TPSA) is 37.3 Å². The molecular weight excluding hydrogens is 284 g/mol. The van der Waals surface area contributed by atoms with Crippen molar-refractivity contribution in [3.8, 4) is 0 Å². The molecule has 2 nitrogen and oxygen atoms in total. The van der Waals surface area contributed by atoms with Crippen LogP contribution < -0.4 is 0 Å². The molecule has 1 aromatic carbocycles. The average Bonchev–Trinajstić information content (AvgIpc) is 2.90. The number of hydrogen-bond acceptors (Lipinski definition) is 1. The van der Waals surface area contributed by atoms with Crippen LogP contribution in [0.25, 0.3) is 0 Å². The second-order valence-electron chi connectivity index (χ2n) is 6.93. The van der Waals surface area contributed by atoms with Crippen LogP contribution in [-0.4, -0.2) is 11.1 Å². The summed E-state index contributed by atoms with van der Waals surface area (Å²) in [5.74, 6) is 0.815. The average molecular weight is 314 g/mol. The van der Waals surface area contributed by atoms with Crippen LogP contribution in [0.4, 0.5) is 0 Å². The maximum Gasteiger partial charge on any atom is 0.303 e. The third-order valence-corrected chi connectivity index (χ3v) is 5.23. The molecule has 0 aromatic heterocycles. The van der Waals surface area contributed by atoms with Gasteiger partial charge in [-0.3, -0.25) is 4.79 Å². The molecule has 23 heavy (non-hydrogen) atoms. The maximum absolute atomic E-state index is 10.5. The molecule has 0 radical (unpaired) electrons. The van der Waals surface area contributed by atoms with E-state index in [0.717, 1.165) is 25.2 Å². The number of carboxylic acid groups (broad SMARTS) is 1. The highest BCUT2D eigenvalue weighted by atomic mass is 16.4.